The number of aryl methyl sites for hydroxylation is 1. The van der Waals surface area contributed by atoms with Gasteiger partial charge in [0.2, 0.25) is 0 Å². The third kappa shape index (κ3) is 2.76. The fourth-order valence-corrected chi connectivity index (χ4v) is 3.67. The monoisotopic (exact) mass is 314 g/mol. The van der Waals surface area contributed by atoms with Crippen LogP contribution in [0.2, 0.25) is 0 Å². The first-order chi connectivity index (χ1) is 11.6. The molecule has 0 heterocycles. The molecular formula is C22H22N2. The van der Waals surface area contributed by atoms with Crippen molar-refractivity contribution in [2.45, 2.75) is 26.2 Å². The number of fused-ring (bicyclic) bond motifs is 3. The molecule has 0 amide bonds. The highest BCUT2D eigenvalue weighted by atomic mass is 14.5. The van der Waals surface area contributed by atoms with E-state index in [9.17, 15) is 0 Å². The standard InChI is InChI=1S/C22H22N2/c1-14-2-3-15-9-16-4-6-21(23)12-19(16)11-20-13-22(24)7-5-17(20)10-18(15)8-14/h2-8,12-13H,9-11,23-24H2,1H3. The van der Waals surface area contributed by atoms with Gasteiger partial charge >= 0.3 is 0 Å². The van der Waals surface area contributed by atoms with Gasteiger partial charge < -0.3 is 11.5 Å². The smallest absolute Gasteiger partial charge is 0.0317 e. The maximum absolute atomic E-state index is 6.05. The van der Waals surface area contributed by atoms with Crippen molar-refractivity contribution >= 4 is 11.4 Å². The van der Waals surface area contributed by atoms with Crippen LogP contribution in [-0.2, 0) is 19.3 Å². The van der Waals surface area contributed by atoms with Crippen molar-refractivity contribution < 1.29 is 0 Å². The molecule has 0 aliphatic heterocycles. The highest BCUT2D eigenvalue weighted by Gasteiger charge is 2.15. The van der Waals surface area contributed by atoms with Crippen LogP contribution in [0.3, 0.4) is 0 Å². The normalized spacial score (nSPS) is 13.0. The Morgan fingerprint density at radius 3 is 1.54 bits per heavy atom. The fraction of sp³-hybridized carbons (Fsp3) is 0.182. The van der Waals surface area contributed by atoms with Gasteiger partial charge in [-0.25, -0.2) is 0 Å². The lowest BCUT2D eigenvalue weighted by Gasteiger charge is -2.12. The molecule has 0 fully saturated rings. The number of benzene rings is 3. The highest BCUT2D eigenvalue weighted by molar-refractivity contribution is 5.54. The van der Waals surface area contributed by atoms with E-state index in [2.05, 4.69) is 49.4 Å². The third-order valence-electron chi connectivity index (χ3n) is 4.97. The molecule has 0 bridgehead atoms. The number of hydrogen-bond acceptors (Lipinski definition) is 2. The first kappa shape index (κ1) is 14.8. The largest absolute Gasteiger partial charge is 0.399 e. The van der Waals surface area contributed by atoms with E-state index in [1.807, 2.05) is 12.1 Å². The van der Waals surface area contributed by atoms with Crippen LogP contribution in [0.4, 0.5) is 11.4 Å². The van der Waals surface area contributed by atoms with Crippen molar-refractivity contribution in [1.82, 2.24) is 0 Å². The summed E-state index contributed by atoms with van der Waals surface area (Å²) < 4.78 is 0. The summed E-state index contributed by atoms with van der Waals surface area (Å²) in [5, 5.41) is 0. The molecule has 4 N–H and O–H groups in total. The van der Waals surface area contributed by atoms with Crippen molar-refractivity contribution in [2.24, 2.45) is 0 Å². The van der Waals surface area contributed by atoms with E-state index in [1.54, 1.807) is 0 Å². The zero-order valence-electron chi connectivity index (χ0n) is 14.0. The Balaban J connectivity index is 1.95. The summed E-state index contributed by atoms with van der Waals surface area (Å²) in [7, 11) is 0. The molecule has 120 valence electrons. The van der Waals surface area contributed by atoms with Gasteiger partial charge in [0, 0.05) is 11.4 Å². The van der Waals surface area contributed by atoms with E-state index in [0.29, 0.717) is 0 Å². The van der Waals surface area contributed by atoms with E-state index < -0.39 is 0 Å². The minimum Gasteiger partial charge on any atom is -0.399 e. The topological polar surface area (TPSA) is 52.0 Å². The Bertz CT molecular complexity index is 925. The minimum atomic E-state index is 0.822. The van der Waals surface area contributed by atoms with Gasteiger partial charge in [-0.3, -0.25) is 0 Å². The van der Waals surface area contributed by atoms with E-state index in [4.69, 9.17) is 11.5 Å². The number of rotatable bonds is 0. The lowest BCUT2D eigenvalue weighted by atomic mass is 9.93. The third-order valence-corrected chi connectivity index (χ3v) is 4.97. The van der Waals surface area contributed by atoms with Gasteiger partial charge in [-0.15, -0.1) is 0 Å². The Labute approximate surface area is 143 Å². The quantitative estimate of drug-likeness (QED) is 0.477. The number of nitrogen functional groups attached to an aromatic ring is 2. The molecule has 0 spiro atoms. The Morgan fingerprint density at radius 1 is 0.542 bits per heavy atom. The molecule has 0 unspecified atom stereocenters. The Kier molecular flexibility index (Phi) is 3.53. The van der Waals surface area contributed by atoms with Gasteiger partial charge in [0.05, 0.1) is 0 Å². The van der Waals surface area contributed by atoms with Crippen LogP contribution in [0.15, 0.2) is 54.6 Å². The summed E-state index contributed by atoms with van der Waals surface area (Å²) in [4.78, 5) is 0. The van der Waals surface area contributed by atoms with E-state index in [0.717, 1.165) is 30.6 Å². The molecule has 1 aliphatic rings. The lowest BCUT2D eigenvalue weighted by Crippen LogP contribution is -2.00. The summed E-state index contributed by atoms with van der Waals surface area (Å²) in [6, 6.07) is 19.4. The van der Waals surface area contributed by atoms with E-state index in [1.165, 1.54) is 38.9 Å². The summed E-state index contributed by atoms with van der Waals surface area (Å²) in [5.41, 5.74) is 23.2. The van der Waals surface area contributed by atoms with Crippen molar-refractivity contribution in [2.75, 3.05) is 11.5 Å². The maximum atomic E-state index is 6.05. The number of nitrogens with two attached hydrogens (primary N) is 2. The van der Waals surface area contributed by atoms with Crippen LogP contribution >= 0.6 is 0 Å². The summed E-state index contributed by atoms with van der Waals surface area (Å²) >= 11 is 0. The number of hydrogen-bond donors (Lipinski definition) is 2. The van der Waals surface area contributed by atoms with Gasteiger partial charge in [-0.2, -0.15) is 0 Å². The molecule has 1 aliphatic carbocycles. The second kappa shape index (κ2) is 5.72. The lowest BCUT2D eigenvalue weighted by molar-refractivity contribution is 1.09. The summed E-state index contributed by atoms with van der Waals surface area (Å²) in [6.45, 7) is 2.16. The summed E-state index contributed by atoms with van der Waals surface area (Å²) in [5.74, 6) is 0. The molecule has 4 rings (SSSR count). The molecule has 2 heteroatoms. The van der Waals surface area contributed by atoms with Crippen molar-refractivity contribution in [3.8, 4) is 0 Å². The Morgan fingerprint density at radius 2 is 0.958 bits per heavy atom. The molecule has 2 nitrogen and oxygen atoms in total. The molecule has 3 aromatic rings. The Hall–Kier alpha value is -2.74. The molecule has 0 atom stereocenters. The van der Waals surface area contributed by atoms with Crippen molar-refractivity contribution in [1.29, 1.82) is 0 Å². The molecule has 3 aromatic carbocycles. The van der Waals surface area contributed by atoms with E-state index >= 15 is 0 Å². The SMILES string of the molecule is Cc1ccc2c(c1)Cc1ccc(N)cc1Cc1cc(N)ccc1C2. The van der Waals surface area contributed by atoms with Crippen LogP contribution in [0.25, 0.3) is 0 Å². The second-order valence-corrected chi connectivity index (χ2v) is 6.86. The van der Waals surface area contributed by atoms with Crippen LogP contribution in [0.5, 0.6) is 0 Å². The van der Waals surface area contributed by atoms with E-state index in [-0.39, 0.29) is 0 Å². The van der Waals surface area contributed by atoms with Crippen molar-refractivity contribution in [3.05, 3.63) is 93.5 Å². The molecule has 0 radical (unpaired) electrons. The highest BCUT2D eigenvalue weighted by Crippen LogP contribution is 2.29. The minimum absolute atomic E-state index is 0.822. The van der Waals surface area contributed by atoms with Gasteiger partial charge in [0.1, 0.15) is 0 Å². The first-order valence-electron chi connectivity index (χ1n) is 8.41. The molecule has 24 heavy (non-hydrogen) atoms. The maximum Gasteiger partial charge on any atom is 0.0317 e. The zero-order valence-corrected chi connectivity index (χ0v) is 14.0. The van der Waals surface area contributed by atoms with Crippen LogP contribution in [0, 0.1) is 6.92 Å². The van der Waals surface area contributed by atoms with Crippen LogP contribution < -0.4 is 11.5 Å². The van der Waals surface area contributed by atoms with Gasteiger partial charge in [0.25, 0.3) is 0 Å². The average Bonchev–Trinajstić information content (AvgIpc) is 2.60. The van der Waals surface area contributed by atoms with Crippen molar-refractivity contribution in [3.63, 3.8) is 0 Å². The zero-order chi connectivity index (χ0) is 16.7. The molecular weight excluding hydrogens is 292 g/mol. The first-order valence-corrected chi connectivity index (χ1v) is 8.41. The molecule has 0 saturated heterocycles. The fourth-order valence-electron chi connectivity index (χ4n) is 3.67. The van der Waals surface area contributed by atoms with Gasteiger partial charge in [-0.05, 0) is 83.8 Å². The van der Waals surface area contributed by atoms with Gasteiger partial charge in [-0.1, -0.05) is 35.9 Å². The molecule has 0 aromatic heterocycles. The average molecular weight is 314 g/mol. The van der Waals surface area contributed by atoms with Crippen LogP contribution in [-0.4, -0.2) is 0 Å². The van der Waals surface area contributed by atoms with Gasteiger partial charge in [0.15, 0.2) is 0 Å². The molecule has 0 saturated carbocycles. The number of anilines is 2. The van der Waals surface area contributed by atoms with Crippen LogP contribution in [0.1, 0.15) is 38.9 Å². The predicted octanol–water partition coefficient (Wildman–Crippen LogP) is 4.25. The summed E-state index contributed by atoms with van der Waals surface area (Å²) in [6.07, 6.45) is 2.79. The predicted molar refractivity (Wildman–Crippen MR) is 101 cm³/mol. The second-order valence-electron chi connectivity index (χ2n) is 6.86.